The number of aromatic hydroxyl groups is 1. The number of aromatic nitrogens is 1. The van der Waals surface area contributed by atoms with Crippen LogP contribution in [0, 0.1) is 0 Å². The SMILES string of the molecule is O=C(CNc1ccccc1)Nc1ncccc1O. The van der Waals surface area contributed by atoms with Crippen molar-refractivity contribution in [3.05, 3.63) is 48.7 Å². The monoisotopic (exact) mass is 243 g/mol. The molecule has 18 heavy (non-hydrogen) atoms. The molecular formula is C13H13N3O2. The standard InChI is InChI=1S/C13H13N3O2/c17-11-7-4-8-14-13(11)16-12(18)9-15-10-5-2-1-3-6-10/h1-8,15,17H,9H2,(H,14,16,18). The minimum absolute atomic E-state index is 0.0504. The van der Waals surface area contributed by atoms with Crippen molar-refractivity contribution in [2.45, 2.75) is 0 Å². The van der Waals surface area contributed by atoms with Gasteiger partial charge < -0.3 is 15.7 Å². The van der Waals surface area contributed by atoms with Crippen LogP contribution in [0.15, 0.2) is 48.7 Å². The predicted molar refractivity (Wildman–Crippen MR) is 69.5 cm³/mol. The number of nitrogens with one attached hydrogen (secondary N) is 2. The summed E-state index contributed by atoms with van der Waals surface area (Å²) < 4.78 is 0. The fourth-order valence-electron chi connectivity index (χ4n) is 1.41. The molecule has 3 N–H and O–H groups in total. The van der Waals surface area contributed by atoms with Crippen LogP contribution < -0.4 is 10.6 Å². The van der Waals surface area contributed by atoms with E-state index in [1.807, 2.05) is 30.3 Å². The number of carbonyl (C=O) groups excluding carboxylic acids is 1. The highest BCUT2D eigenvalue weighted by molar-refractivity contribution is 5.93. The third kappa shape index (κ3) is 3.21. The maximum Gasteiger partial charge on any atom is 0.244 e. The van der Waals surface area contributed by atoms with E-state index >= 15 is 0 Å². The normalized spacial score (nSPS) is 9.78. The number of amides is 1. The Kier molecular flexibility index (Phi) is 3.76. The van der Waals surface area contributed by atoms with Gasteiger partial charge in [-0.05, 0) is 24.3 Å². The zero-order valence-corrected chi connectivity index (χ0v) is 9.63. The number of carbonyl (C=O) groups is 1. The third-order valence-corrected chi connectivity index (χ3v) is 2.27. The van der Waals surface area contributed by atoms with Gasteiger partial charge in [0.25, 0.3) is 0 Å². The summed E-state index contributed by atoms with van der Waals surface area (Å²) in [7, 11) is 0. The second-order valence-corrected chi connectivity index (χ2v) is 3.64. The smallest absolute Gasteiger partial charge is 0.244 e. The van der Waals surface area contributed by atoms with Crippen molar-refractivity contribution in [2.75, 3.05) is 17.2 Å². The van der Waals surface area contributed by atoms with Crippen LogP contribution in [0.4, 0.5) is 11.5 Å². The molecule has 1 aromatic carbocycles. The Labute approximate surface area is 104 Å². The fourth-order valence-corrected chi connectivity index (χ4v) is 1.41. The zero-order valence-electron chi connectivity index (χ0n) is 9.63. The molecule has 1 heterocycles. The van der Waals surface area contributed by atoms with E-state index in [1.165, 1.54) is 12.3 Å². The molecule has 2 aromatic rings. The number of benzene rings is 1. The summed E-state index contributed by atoms with van der Waals surface area (Å²) in [6.45, 7) is 0.111. The van der Waals surface area contributed by atoms with Crippen molar-refractivity contribution in [3.8, 4) is 5.75 Å². The highest BCUT2D eigenvalue weighted by Crippen LogP contribution is 2.17. The van der Waals surface area contributed by atoms with Crippen LogP contribution in [0.3, 0.4) is 0 Å². The van der Waals surface area contributed by atoms with Gasteiger partial charge in [0.15, 0.2) is 11.6 Å². The Bertz CT molecular complexity index is 529. The van der Waals surface area contributed by atoms with Gasteiger partial charge in [0.2, 0.25) is 5.91 Å². The van der Waals surface area contributed by atoms with E-state index < -0.39 is 0 Å². The number of rotatable bonds is 4. The fraction of sp³-hybridized carbons (Fsp3) is 0.0769. The number of anilines is 2. The Morgan fingerprint density at radius 2 is 1.94 bits per heavy atom. The molecule has 92 valence electrons. The lowest BCUT2D eigenvalue weighted by molar-refractivity contribution is -0.114. The zero-order chi connectivity index (χ0) is 12.8. The van der Waals surface area contributed by atoms with Gasteiger partial charge >= 0.3 is 0 Å². The van der Waals surface area contributed by atoms with Crippen molar-refractivity contribution < 1.29 is 9.90 Å². The predicted octanol–water partition coefficient (Wildman–Crippen LogP) is 1.84. The van der Waals surface area contributed by atoms with Crippen LogP contribution in [-0.2, 0) is 4.79 Å². The quantitative estimate of drug-likeness (QED) is 0.766. The molecular weight excluding hydrogens is 230 g/mol. The van der Waals surface area contributed by atoms with Crippen molar-refractivity contribution in [3.63, 3.8) is 0 Å². The minimum Gasteiger partial charge on any atom is -0.504 e. The lowest BCUT2D eigenvalue weighted by Gasteiger charge is -2.07. The van der Waals surface area contributed by atoms with Gasteiger partial charge in [-0.25, -0.2) is 4.98 Å². The summed E-state index contributed by atoms with van der Waals surface area (Å²) in [5, 5.41) is 14.9. The molecule has 1 aromatic heterocycles. The van der Waals surface area contributed by atoms with Gasteiger partial charge in [-0.3, -0.25) is 4.79 Å². The molecule has 0 unspecified atom stereocenters. The molecule has 0 aliphatic carbocycles. The molecule has 1 amide bonds. The van der Waals surface area contributed by atoms with Crippen LogP contribution in [0.1, 0.15) is 0 Å². The molecule has 0 radical (unpaired) electrons. The molecule has 2 rings (SSSR count). The highest BCUT2D eigenvalue weighted by atomic mass is 16.3. The van der Waals surface area contributed by atoms with Crippen LogP contribution in [-0.4, -0.2) is 22.5 Å². The van der Waals surface area contributed by atoms with Crippen LogP contribution in [0.5, 0.6) is 5.75 Å². The van der Waals surface area contributed by atoms with E-state index in [2.05, 4.69) is 15.6 Å². The summed E-state index contributed by atoms with van der Waals surface area (Å²) in [6.07, 6.45) is 1.50. The highest BCUT2D eigenvalue weighted by Gasteiger charge is 2.06. The molecule has 0 bridgehead atoms. The van der Waals surface area contributed by atoms with E-state index in [4.69, 9.17) is 0 Å². The molecule has 0 saturated carbocycles. The van der Waals surface area contributed by atoms with Gasteiger partial charge in [-0.2, -0.15) is 0 Å². The molecule has 0 aliphatic rings. The van der Waals surface area contributed by atoms with Crippen LogP contribution in [0.2, 0.25) is 0 Å². The van der Waals surface area contributed by atoms with Crippen molar-refractivity contribution in [1.82, 2.24) is 4.98 Å². The second kappa shape index (κ2) is 5.67. The first-order valence-electron chi connectivity index (χ1n) is 5.48. The van der Waals surface area contributed by atoms with E-state index in [0.29, 0.717) is 0 Å². The van der Waals surface area contributed by atoms with E-state index in [9.17, 15) is 9.90 Å². The number of hydrogen-bond acceptors (Lipinski definition) is 4. The van der Waals surface area contributed by atoms with Crippen LogP contribution in [0.25, 0.3) is 0 Å². The first kappa shape index (κ1) is 11.9. The molecule has 5 heteroatoms. The molecule has 0 aliphatic heterocycles. The maximum atomic E-state index is 11.6. The molecule has 0 saturated heterocycles. The first-order chi connectivity index (χ1) is 8.75. The number of nitrogens with zero attached hydrogens (tertiary/aromatic N) is 1. The van der Waals surface area contributed by atoms with Crippen molar-refractivity contribution in [2.24, 2.45) is 0 Å². The average Bonchev–Trinajstić information content (AvgIpc) is 2.40. The summed E-state index contributed by atoms with van der Waals surface area (Å²) >= 11 is 0. The molecule has 0 atom stereocenters. The van der Waals surface area contributed by atoms with Gasteiger partial charge in [0.05, 0.1) is 6.54 Å². The lowest BCUT2D eigenvalue weighted by Crippen LogP contribution is -2.22. The van der Waals surface area contributed by atoms with Gasteiger partial charge in [-0.1, -0.05) is 18.2 Å². The largest absolute Gasteiger partial charge is 0.504 e. The third-order valence-electron chi connectivity index (χ3n) is 2.27. The van der Waals surface area contributed by atoms with Gasteiger partial charge in [-0.15, -0.1) is 0 Å². The molecule has 5 nitrogen and oxygen atoms in total. The van der Waals surface area contributed by atoms with Gasteiger partial charge in [0, 0.05) is 11.9 Å². The summed E-state index contributed by atoms with van der Waals surface area (Å²) in [4.78, 5) is 15.5. The Hall–Kier alpha value is -2.56. The number of hydrogen-bond donors (Lipinski definition) is 3. The van der Waals surface area contributed by atoms with E-state index in [-0.39, 0.29) is 24.0 Å². The Morgan fingerprint density at radius 3 is 2.67 bits per heavy atom. The first-order valence-corrected chi connectivity index (χ1v) is 5.48. The van der Waals surface area contributed by atoms with Crippen molar-refractivity contribution in [1.29, 1.82) is 0 Å². The maximum absolute atomic E-state index is 11.6. The van der Waals surface area contributed by atoms with Gasteiger partial charge in [0.1, 0.15) is 0 Å². The second-order valence-electron chi connectivity index (χ2n) is 3.64. The molecule has 0 spiro atoms. The number of para-hydroxylation sites is 1. The average molecular weight is 243 g/mol. The summed E-state index contributed by atoms with van der Waals surface area (Å²) in [5.41, 5.74) is 0.859. The lowest BCUT2D eigenvalue weighted by atomic mass is 10.3. The number of pyridine rings is 1. The van der Waals surface area contributed by atoms with E-state index in [1.54, 1.807) is 6.07 Å². The van der Waals surface area contributed by atoms with Crippen LogP contribution >= 0.6 is 0 Å². The minimum atomic E-state index is -0.271. The Balaban J connectivity index is 1.88. The molecule has 0 fully saturated rings. The van der Waals surface area contributed by atoms with Crippen molar-refractivity contribution >= 4 is 17.4 Å². The Morgan fingerprint density at radius 1 is 1.17 bits per heavy atom. The summed E-state index contributed by atoms with van der Waals surface area (Å²) in [5.74, 6) is -0.157. The summed E-state index contributed by atoms with van der Waals surface area (Å²) in [6, 6.07) is 12.4. The van der Waals surface area contributed by atoms with E-state index in [0.717, 1.165) is 5.69 Å². The topological polar surface area (TPSA) is 74.2 Å².